The molecule has 0 N–H and O–H groups in total. The second kappa shape index (κ2) is 6.11. The zero-order chi connectivity index (χ0) is 15.5. The van der Waals surface area contributed by atoms with E-state index in [4.69, 9.17) is 4.74 Å². The number of nitrogens with zero attached hydrogens (tertiary/aromatic N) is 2. The number of aromatic nitrogens is 2. The number of pyridine rings is 1. The summed E-state index contributed by atoms with van der Waals surface area (Å²) >= 11 is 3.30. The third-order valence-electron chi connectivity index (χ3n) is 3.07. The van der Waals surface area contributed by atoms with Gasteiger partial charge in [-0.05, 0) is 40.2 Å². The Bertz CT molecular complexity index is 905. The van der Waals surface area contributed by atoms with Crippen LogP contribution in [0.3, 0.4) is 0 Å². The SMILES string of the molecule is O=C(OCc1cc(=O)n2ccccc2n1)c1ccccc1Br. The van der Waals surface area contributed by atoms with E-state index < -0.39 is 5.97 Å². The van der Waals surface area contributed by atoms with Gasteiger partial charge in [0.1, 0.15) is 12.3 Å². The first kappa shape index (κ1) is 14.5. The predicted molar refractivity (Wildman–Crippen MR) is 84.7 cm³/mol. The first-order chi connectivity index (χ1) is 10.6. The fourth-order valence-electron chi connectivity index (χ4n) is 2.02. The Labute approximate surface area is 134 Å². The number of fused-ring (bicyclic) bond motifs is 1. The van der Waals surface area contributed by atoms with Gasteiger partial charge in [0.2, 0.25) is 0 Å². The van der Waals surface area contributed by atoms with Crippen LogP contribution in [0.5, 0.6) is 0 Å². The second-order valence-electron chi connectivity index (χ2n) is 4.57. The van der Waals surface area contributed by atoms with Gasteiger partial charge in [-0.25, -0.2) is 9.78 Å². The largest absolute Gasteiger partial charge is 0.456 e. The number of carbonyl (C=O) groups excluding carboxylic acids is 1. The van der Waals surface area contributed by atoms with Crippen LogP contribution in [0.25, 0.3) is 5.65 Å². The zero-order valence-corrected chi connectivity index (χ0v) is 13.0. The van der Waals surface area contributed by atoms with Crippen LogP contribution in [0.4, 0.5) is 0 Å². The second-order valence-corrected chi connectivity index (χ2v) is 5.42. The Balaban J connectivity index is 1.81. The van der Waals surface area contributed by atoms with Gasteiger partial charge in [0.15, 0.2) is 0 Å². The molecule has 22 heavy (non-hydrogen) atoms. The quantitative estimate of drug-likeness (QED) is 0.675. The molecule has 2 heterocycles. The van der Waals surface area contributed by atoms with Crippen LogP contribution in [0.2, 0.25) is 0 Å². The molecule has 0 radical (unpaired) electrons. The maximum absolute atomic E-state index is 12.0. The number of rotatable bonds is 3. The molecule has 0 atom stereocenters. The highest BCUT2D eigenvalue weighted by Crippen LogP contribution is 2.17. The van der Waals surface area contributed by atoms with E-state index in [-0.39, 0.29) is 12.2 Å². The molecule has 5 nitrogen and oxygen atoms in total. The van der Waals surface area contributed by atoms with Crippen molar-refractivity contribution >= 4 is 27.5 Å². The summed E-state index contributed by atoms with van der Waals surface area (Å²) in [5.41, 5.74) is 1.15. The van der Waals surface area contributed by atoms with Crippen molar-refractivity contribution in [3.63, 3.8) is 0 Å². The minimum atomic E-state index is -0.470. The van der Waals surface area contributed by atoms with Crippen molar-refractivity contribution in [3.8, 4) is 0 Å². The average molecular weight is 359 g/mol. The Hall–Kier alpha value is -2.47. The number of carbonyl (C=O) groups is 1. The highest BCUT2D eigenvalue weighted by molar-refractivity contribution is 9.10. The summed E-state index contributed by atoms with van der Waals surface area (Å²) in [6.07, 6.45) is 1.64. The van der Waals surface area contributed by atoms with E-state index >= 15 is 0 Å². The minimum Gasteiger partial charge on any atom is -0.456 e. The summed E-state index contributed by atoms with van der Waals surface area (Å²) in [5.74, 6) is -0.470. The molecule has 0 amide bonds. The number of hydrogen-bond acceptors (Lipinski definition) is 4. The van der Waals surface area contributed by atoms with E-state index in [1.165, 1.54) is 10.5 Å². The highest BCUT2D eigenvalue weighted by Gasteiger charge is 2.11. The van der Waals surface area contributed by atoms with Gasteiger partial charge in [-0.2, -0.15) is 0 Å². The molecule has 0 aliphatic rings. The van der Waals surface area contributed by atoms with Crippen molar-refractivity contribution in [3.05, 3.63) is 80.8 Å². The Kier molecular flexibility index (Phi) is 4.02. The molecule has 0 spiro atoms. The normalized spacial score (nSPS) is 10.6. The number of hydrogen-bond donors (Lipinski definition) is 0. The molecule has 3 rings (SSSR count). The van der Waals surface area contributed by atoms with Crippen LogP contribution in [-0.2, 0) is 11.3 Å². The lowest BCUT2D eigenvalue weighted by atomic mass is 10.2. The molecule has 0 fully saturated rings. The zero-order valence-electron chi connectivity index (χ0n) is 11.4. The summed E-state index contributed by atoms with van der Waals surface area (Å²) < 4.78 is 7.31. The van der Waals surface area contributed by atoms with Gasteiger partial charge in [-0.15, -0.1) is 0 Å². The highest BCUT2D eigenvalue weighted by atomic mass is 79.9. The topological polar surface area (TPSA) is 60.7 Å². The molecular weight excluding hydrogens is 348 g/mol. The van der Waals surface area contributed by atoms with Gasteiger partial charge >= 0.3 is 5.97 Å². The van der Waals surface area contributed by atoms with E-state index in [1.807, 2.05) is 6.07 Å². The predicted octanol–water partition coefficient (Wildman–Crippen LogP) is 2.81. The Morgan fingerprint density at radius 3 is 2.77 bits per heavy atom. The van der Waals surface area contributed by atoms with Crippen LogP contribution in [0, 0.1) is 0 Å². The van der Waals surface area contributed by atoms with Crippen LogP contribution in [0.15, 0.2) is 64.0 Å². The molecular formula is C16H11BrN2O3. The number of ether oxygens (including phenoxy) is 1. The van der Waals surface area contributed by atoms with Gasteiger partial charge < -0.3 is 4.74 Å². The lowest BCUT2D eigenvalue weighted by Gasteiger charge is -2.07. The number of halogens is 1. The van der Waals surface area contributed by atoms with E-state index in [1.54, 1.807) is 42.6 Å². The third-order valence-corrected chi connectivity index (χ3v) is 3.76. The monoisotopic (exact) mass is 358 g/mol. The van der Waals surface area contributed by atoms with Crippen molar-refractivity contribution in [1.82, 2.24) is 9.38 Å². The van der Waals surface area contributed by atoms with Gasteiger partial charge in [0.25, 0.3) is 5.56 Å². The lowest BCUT2D eigenvalue weighted by molar-refractivity contribution is 0.0466. The van der Waals surface area contributed by atoms with Crippen molar-refractivity contribution in [1.29, 1.82) is 0 Å². The van der Waals surface area contributed by atoms with Crippen molar-refractivity contribution in [2.45, 2.75) is 6.61 Å². The van der Waals surface area contributed by atoms with Gasteiger partial charge in [-0.1, -0.05) is 18.2 Å². The van der Waals surface area contributed by atoms with Gasteiger partial charge in [0.05, 0.1) is 11.3 Å². The van der Waals surface area contributed by atoms with Crippen LogP contribution >= 0.6 is 15.9 Å². The summed E-state index contributed by atoms with van der Waals surface area (Å²) in [5, 5.41) is 0. The fraction of sp³-hybridized carbons (Fsp3) is 0.0625. The van der Waals surface area contributed by atoms with Crippen molar-refractivity contribution in [2.24, 2.45) is 0 Å². The molecule has 0 saturated carbocycles. The first-order valence-electron chi connectivity index (χ1n) is 6.54. The van der Waals surface area contributed by atoms with Crippen LogP contribution in [0.1, 0.15) is 16.1 Å². The standard InChI is InChI=1S/C16H11BrN2O3/c17-13-6-2-1-5-12(13)16(21)22-10-11-9-15(20)19-8-4-3-7-14(19)18-11/h1-9H,10H2. The lowest BCUT2D eigenvalue weighted by Crippen LogP contribution is -2.16. The Morgan fingerprint density at radius 1 is 1.18 bits per heavy atom. The van der Waals surface area contributed by atoms with Crippen LogP contribution < -0.4 is 5.56 Å². The molecule has 3 aromatic rings. The number of benzene rings is 1. The molecule has 0 saturated heterocycles. The molecule has 1 aromatic carbocycles. The minimum absolute atomic E-state index is 0.0548. The molecule has 0 unspecified atom stereocenters. The Morgan fingerprint density at radius 2 is 1.95 bits per heavy atom. The van der Waals surface area contributed by atoms with E-state index in [0.717, 1.165) is 0 Å². The first-order valence-corrected chi connectivity index (χ1v) is 7.33. The third kappa shape index (κ3) is 2.92. The molecule has 110 valence electrons. The van der Waals surface area contributed by atoms with E-state index in [2.05, 4.69) is 20.9 Å². The maximum Gasteiger partial charge on any atom is 0.339 e. The summed E-state index contributed by atoms with van der Waals surface area (Å²) in [6, 6.07) is 13.6. The van der Waals surface area contributed by atoms with Crippen molar-refractivity contribution in [2.75, 3.05) is 0 Å². The molecule has 6 heteroatoms. The number of esters is 1. The molecule has 2 aromatic heterocycles. The maximum atomic E-state index is 12.0. The van der Waals surface area contributed by atoms with Gasteiger partial charge in [0, 0.05) is 16.7 Å². The summed E-state index contributed by atoms with van der Waals surface area (Å²) in [6.45, 7) is -0.0548. The van der Waals surface area contributed by atoms with Crippen LogP contribution in [-0.4, -0.2) is 15.4 Å². The molecule has 0 bridgehead atoms. The summed E-state index contributed by atoms with van der Waals surface area (Å²) in [4.78, 5) is 28.3. The average Bonchev–Trinajstić information content (AvgIpc) is 2.53. The summed E-state index contributed by atoms with van der Waals surface area (Å²) in [7, 11) is 0. The van der Waals surface area contributed by atoms with E-state index in [0.29, 0.717) is 21.4 Å². The van der Waals surface area contributed by atoms with E-state index in [9.17, 15) is 9.59 Å². The van der Waals surface area contributed by atoms with Crippen molar-refractivity contribution < 1.29 is 9.53 Å². The van der Waals surface area contributed by atoms with Gasteiger partial charge in [-0.3, -0.25) is 9.20 Å². The smallest absolute Gasteiger partial charge is 0.339 e. The fourth-order valence-corrected chi connectivity index (χ4v) is 2.47. The molecule has 0 aliphatic heterocycles. The molecule has 0 aliphatic carbocycles.